The lowest BCUT2D eigenvalue weighted by atomic mass is 9.81. The molecule has 0 N–H and O–H groups in total. The third-order valence-corrected chi connectivity index (χ3v) is 11.2. The summed E-state index contributed by atoms with van der Waals surface area (Å²) >= 11 is 0. The topological polar surface area (TPSA) is 29.5 Å². The van der Waals surface area contributed by atoms with Crippen molar-refractivity contribution in [2.45, 2.75) is 19.3 Å². The highest BCUT2D eigenvalue weighted by molar-refractivity contribution is 6.19. The lowest BCUT2D eigenvalue weighted by Gasteiger charge is -2.32. The van der Waals surface area contributed by atoms with E-state index in [1.165, 1.54) is 27.6 Å². The molecule has 3 nitrogen and oxygen atoms in total. The number of anilines is 3. The molecule has 0 unspecified atom stereocenters. The third kappa shape index (κ3) is 4.08. The van der Waals surface area contributed by atoms with Crippen LogP contribution in [-0.2, 0) is 5.41 Å². The van der Waals surface area contributed by atoms with E-state index in [0.29, 0.717) is 0 Å². The molecular weight excluding hydrogens is 635 g/mol. The molecule has 0 radical (unpaired) electrons. The van der Waals surface area contributed by atoms with E-state index in [1.54, 1.807) is 0 Å². The summed E-state index contributed by atoms with van der Waals surface area (Å²) in [5, 5.41) is 6.81. The van der Waals surface area contributed by atoms with E-state index in [4.69, 9.17) is 8.83 Å². The highest BCUT2D eigenvalue weighted by Gasteiger charge is 2.38. The molecule has 1 aliphatic rings. The lowest BCUT2D eigenvalue weighted by molar-refractivity contribution is 0.660. The number of hydrogen-bond acceptors (Lipinski definition) is 3. The maximum absolute atomic E-state index is 6.59. The highest BCUT2D eigenvalue weighted by Crippen LogP contribution is 2.54. The summed E-state index contributed by atoms with van der Waals surface area (Å²) in [5.74, 6) is 0. The molecular formula is C49H33NO2. The summed E-state index contributed by atoms with van der Waals surface area (Å²) in [4.78, 5) is 2.42. The number of benzene rings is 8. The summed E-state index contributed by atoms with van der Waals surface area (Å²) in [5.41, 5.74) is 14.2. The van der Waals surface area contributed by atoms with Gasteiger partial charge < -0.3 is 13.7 Å². The number of nitrogens with zero attached hydrogens (tertiary/aromatic N) is 1. The summed E-state index contributed by atoms with van der Waals surface area (Å²) in [6, 6.07) is 58.7. The van der Waals surface area contributed by atoms with E-state index in [-0.39, 0.29) is 5.41 Å². The molecule has 0 fully saturated rings. The molecule has 0 aliphatic heterocycles. The number of rotatable bonds is 4. The van der Waals surface area contributed by atoms with Crippen molar-refractivity contribution in [3.8, 4) is 22.3 Å². The van der Waals surface area contributed by atoms with Crippen LogP contribution in [0.4, 0.5) is 17.1 Å². The van der Waals surface area contributed by atoms with Crippen LogP contribution >= 0.6 is 0 Å². The summed E-state index contributed by atoms with van der Waals surface area (Å²) < 4.78 is 13.1. The standard InChI is InChI=1S/C49H33NO2/c1-49(2)41-20-7-5-16-36(41)39-19-10-21-42(47(39)49)50(33-25-27-38-37-17-6-8-22-43(37)51-45(38)29-33)32-14-9-13-31(28-32)34-18-11-23-44-46(34)40-26-24-30-12-3-4-15-35(30)48(40)52-44/h3-29H,1-2H3. The first-order valence-electron chi connectivity index (χ1n) is 17.9. The molecule has 246 valence electrons. The zero-order valence-corrected chi connectivity index (χ0v) is 28.9. The third-order valence-electron chi connectivity index (χ3n) is 11.2. The van der Waals surface area contributed by atoms with E-state index in [9.17, 15) is 0 Å². The van der Waals surface area contributed by atoms with Crippen LogP contribution < -0.4 is 4.90 Å². The van der Waals surface area contributed by atoms with Gasteiger partial charge >= 0.3 is 0 Å². The van der Waals surface area contributed by atoms with Gasteiger partial charge in [-0.25, -0.2) is 0 Å². The van der Waals surface area contributed by atoms with Crippen LogP contribution in [0.25, 0.3) is 76.9 Å². The molecule has 2 aromatic heterocycles. The van der Waals surface area contributed by atoms with Gasteiger partial charge in [0, 0.05) is 49.8 Å². The van der Waals surface area contributed by atoms with Crippen molar-refractivity contribution in [3.05, 3.63) is 175 Å². The van der Waals surface area contributed by atoms with Crippen LogP contribution in [-0.4, -0.2) is 0 Å². The maximum Gasteiger partial charge on any atom is 0.143 e. The molecule has 3 heteroatoms. The average Bonchev–Trinajstić information content (AvgIpc) is 3.83. The first-order chi connectivity index (χ1) is 25.5. The van der Waals surface area contributed by atoms with Crippen LogP contribution in [0.5, 0.6) is 0 Å². The first kappa shape index (κ1) is 29.2. The second-order valence-corrected chi connectivity index (χ2v) is 14.5. The van der Waals surface area contributed by atoms with Gasteiger partial charge in [0.15, 0.2) is 0 Å². The molecule has 0 saturated carbocycles. The minimum Gasteiger partial charge on any atom is -0.456 e. The summed E-state index contributed by atoms with van der Waals surface area (Å²) in [7, 11) is 0. The van der Waals surface area contributed by atoms with Crippen molar-refractivity contribution in [1.29, 1.82) is 0 Å². The van der Waals surface area contributed by atoms with Crippen molar-refractivity contribution >= 4 is 71.7 Å². The number of para-hydroxylation sites is 1. The SMILES string of the molecule is CC1(C)c2ccccc2-c2cccc(N(c3cccc(-c4cccc5oc6c7ccccc7ccc6c45)c3)c3ccc4c(c3)oc3ccccc34)c21. The van der Waals surface area contributed by atoms with Crippen LogP contribution in [0.2, 0.25) is 0 Å². The summed E-state index contributed by atoms with van der Waals surface area (Å²) in [6.07, 6.45) is 0. The first-order valence-corrected chi connectivity index (χ1v) is 17.9. The van der Waals surface area contributed by atoms with Gasteiger partial charge in [-0.15, -0.1) is 0 Å². The molecule has 8 aromatic carbocycles. The van der Waals surface area contributed by atoms with Crippen molar-refractivity contribution in [1.82, 2.24) is 0 Å². The fourth-order valence-electron chi connectivity index (χ4n) is 8.89. The van der Waals surface area contributed by atoms with Gasteiger partial charge in [-0.05, 0) is 87.3 Å². The van der Waals surface area contributed by atoms with Crippen molar-refractivity contribution in [2.75, 3.05) is 4.90 Å². The van der Waals surface area contributed by atoms with E-state index in [2.05, 4.69) is 170 Å². The van der Waals surface area contributed by atoms with Crippen LogP contribution in [0.15, 0.2) is 173 Å². The Morgan fingerprint density at radius 1 is 0.462 bits per heavy atom. The van der Waals surface area contributed by atoms with Crippen molar-refractivity contribution in [2.24, 2.45) is 0 Å². The fourth-order valence-corrected chi connectivity index (χ4v) is 8.89. The molecule has 0 spiro atoms. The molecule has 0 saturated heterocycles. The molecule has 0 amide bonds. The predicted molar refractivity (Wildman–Crippen MR) is 216 cm³/mol. The Bertz CT molecular complexity index is 3070. The second-order valence-electron chi connectivity index (χ2n) is 14.5. The Kier molecular flexibility index (Phi) is 6.01. The largest absolute Gasteiger partial charge is 0.456 e. The highest BCUT2D eigenvalue weighted by atomic mass is 16.3. The zero-order valence-electron chi connectivity index (χ0n) is 28.9. The van der Waals surface area contributed by atoms with Crippen LogP contribution in [0.3, 0.4) is 0 Å². The van der Waals surface area contributed by atoms with Crippen LogP contribution in [0.1, 0.15) is 25.0 Å². The van der Waals surface area contributed by atoms with Gasteiger partial charge in [0.05, 0.1) is 5.69 Å². The minimum atomic E-state index is -0.202. The second kappa shape index (κ2) is 10.7. The summed E-state index contributed by atoms with van der Waals surface area (Å²) in [6.45, 7) is 4.71. The van der Waals surface area contributed by atoms with Gasteiger partial charge in [0.2, 0.25) is 0 Å². The Morgan fingerprint density at radius 3 is 2.10 bits per heavy atom. The van der Waals surface area contributed by atoms with Crippen molar-refractivity contribution < 1.29 is 8.83 Å². The van der Waals surface area contributed by atoms with Gasteiger partial charge in [-0.2, -0.15) is 0 Å². The monoisotopic (exact) mass is 667 g/mol. The Labute approximate surface area is 301 Å². The average molecular weight is 668 g/mol. The van der Waals surface area contributed by atoms with E-state index >= 15 is 0 Å². The molecule has 10 aromatic rings. The Morgan fingerprint density at radius 2 is 1.15 bits per heavy atom. The van der Waals surface area contributed by atoms with Gasteiger partial charge in [-0.3, -0.25) is 0 Å². The molecule has 2 heterocycles. The fraction of sp³-hybridized carbons (Fsp3) is 0.0612. The van der Waals surface area contributed by atoms with E-state index in [0.717, 1.165) is 77.5 Å². The van der Waals surface area contributed by atoms with Crippen molar-refractivity contribution in [3.63, 3.8) is 0 Å². The maximum atomic E-state index is 6.59. The quantitative estimate of drug-likeness (QED) is 0.187. The van der Waals surface area contributed by atoms with E-state index in [1.807, 2.05) is 12.1 Å². The normalized spacial score (nSPS) is 13.3. The molecule has 0 atom stereocenters. The number of hydrogen-bond donors (Lipinski definition) is 0. The smallest absolute Gasteiger partial charge is 0.143 e. The van der Waals surface area contributed by atoms with Gasteiger partial charge in [0.1, 0.15) is 22.3 Å². The minimum absolute atomic E-state index is 0.202. The lowest BCUT2D eigenvalue weighted by Crippen LogP contribution is -2.20. The zero-order chi connectivity index (χ0) is 34.6. The Hall–Kier alpha value is -6.58. The number of furan rings is 2. The molecule has 11 rings (SSSR count). The molecule has 52 heavy (non-hydrogen) atoms. The number of fused-ring (bicyclic) bond motifs is 11. The van der Waals surface area contributed by atoms with Gasteiger partial charge in [0.25, 0.3) is 0 Å². The van der Waals surface area contributed by atoms with E-state index < -0.39 is 0 Å². The predicted octanol–water partition coefficient (Wildman–Crippen LogP) is 14.1. The molecule has 0 bridgehead atoms. The molecule has 1 aliphatic carbocycles. The van der Waals surface area contributed by atoms with Crippen LogP contribution in [0, 0.1) is 0 Å². The Balaban J connectivity index is 1.15. The van der Waals surface area contributed by atoms with Gasteiger partial charge in [-0.1, -0.05) is 123 Å².